The van der Waals surface area contributed by atoms with Gasteiger partial charge in [0.05, 0.1) is 6.42 Å². The minimum atomic E-state index is -1.90. The lowest BCUT2D eigenvalue weighted by Crippen LogP contribution is -2.42. The third-order valence-electron chi connectivity index (χ3n) is 4.21. The van der Waals surface area contributed by atoms with Crippen LogP contribution in [0.15, 0.2) is 0 Å². The van der Waals surface area contributed by atoms with Crippen LogP contribution in [0.25, 0.3) is 0 Å². The van der Waals surface area contributed by atoms with E-state index in [1.165, 1.54) is 6.42 Å². The zero-order valence-electron chi connectivity index (χ0n) is 15.6. The summed E-state index contributed by atoms with van der Waals surface area (Å²) in [7, 11) is -1.90. The van der Waals surface area contributed by atoms with E-state index in [9.17, 15) is 9.59 Å². The highest BCUT2D eigenvalue weighted by Crippen LogP contribution is 2.39. The molecule has 7 heteroatoms. The smallest absolute Gasteiger partial charge is 0.408 e. The average Bonchev–Trinajstić information content (AvgIpc) is 2.44. The molecule has 5 nitrogen and oxygen atoms in total. The Labute approximate surface area is 151 Å². The maximum absolute atomic E-state index is 12.3. The van der Waals surface area contributed by atoms with Gasteiger partial charge in [0, 0.05) is 12.5 Å². The lowest BCUT2D eigenvalue weighted by atomic mass is 9.72. The summed E-state index contributed by atoms with van der Waals surface area (Å²) in [5.74, 6) is -0.101. The zero-order chi connectivity index (χ0) is 18.4. The van der Waals surface area contributed by atoms with E-state index in [0.29, 0.717) is 13.0 Å². The molecule has 0 aliphatic heterocycles. The van der Waals surface area contributed by atoms with Gasteiger partial charge in [0.2, 0.25) is 8.32 Å². The van der Waals surface area contributed by atoms with Gasteiger partial charge in [-0.1, -0.05) is 44.7 Å². The van der Waals surface area contributed by atoms with Crippen molar-refractivity contribution in [3.05, 3.63) is 0 Å². The topological polar surface area (TPSA) is 64.6 Å². The summed E-state index contributed by atoms with van der Waals surface area (Å²) in [6.07, 6.45) is 4.98. The number of hydrogen-bond donors (Lipinski definition) is 1. The minimum absolute atomic E-state index is 0.0489. The van der Waals surface area contributed by atoms with Crippen LogP contribution < -0.4 is 5.32 Å². The molecule has 0 spiro atoms. The molecule has 24 heavy (non-hydrogen) atoms. The first-order valence-electron chi connectivity index (χ1n) is 8.83. The van der Waals surface area contributed by atoms with Crippen molar-refractivity contribution in [3.8, 4) is 0 Å². The van der Waals surface area contributed by atoms with E-state index in [-0.39, 0.29) is 17.3 Å². The second-order valence-corrected chi connectivity index (χ2v) is 13.0. The molecule has 1 aliphatic carbocycles. The number of rotatable bonds is 7. The minimum Gasteiger partial charge on any atom is -0.520 e. The van der Waals surface area contributed by atoms with Crippen molar-refractivity contribution in [2.45, 2.75) is 77.6 Å². The van der Waals surface area contributed by atoms with E-state index < -0.39 is 20.0 Å². The number of carbonyl (C=O) groups is 2. The Balaban J connectivity index is 2.61. The molecule has 140 valence electrons. The van der Waals surface area contributed by atoms with Crippen molar-refractivity contribution in [2.75, 3.05) is 6.54 Å². The second kappa shape index (κ2) is 9.09. The molecule has 0 radical (unpaired) electrons. The number of halogens is 1. The van der Waals surface area contributed by atoms with Crippen LogP contribution in [-0.4, -0.2) is 32.5 Å². The molecule has 1 unspecified atom stereocenters. The van der Waals surface area contributed by atoms with Gasteiger partial charge in [0.1, 0.15) is 0 Å². The van der Waals surface area contributed by atoms with Crippen molar-refractivity contribution in [1.82, 2.24) is 5.32 Å². The van der Waals surface area contributed by atoms with Crippen molar-refractivity contribution < 1.29 is 18.8 Å². The van der Waals surface area contributed by atoms with Gasteiger partial charge in [-0.25, -0.2) is 4.79 Å². The van der Waals surface area contributed by atoms with E-state index in [0.717, 1.165) is 25.7 Å². The van der Waals surface area contributed by atoms with Crippen molar-refractivity contribution in [1.29, 1.82) is 0 Å². The lowest BCUT2D eigenvalue weighted by molar-refractivity contribution is -0.138. The first-order valence-corrected chi connectivity index (χ1v) is 12.7. The second-order valence-electron chi connectivity index (χ2n) is 8.18. The van der Waals surface area contributed by atoms with Crippen LogP contribution in [0.4, 0.5) is 4.79 Å². The summed E-state index contributed by atoms with van der Waals surface area (Å²) >= 11 is 5.97. The van der Waals surface area contributed by atoms with Gasteiger partial charge in [0.15, 0.2) is 5.56 Å². The molecular formula is C17H32ClNO4Si. The van der Waals surface area contributed by atoms with Gasteiger partial charge in [0.25, 0.3) is 5.97 Å². The molecule has 1 fully saturated rings. The first kappa shape index (κ1) is 21.3. The number of alkyl carbamates (subject to hydrolysis) is 1. The molecule has 0 aromatic heterocycles. The molecule has 0 heterocycles. The van der Waals surface area contributed by atoms with E-state index >= 15 is 0 Å². The molecule has 1 amide bonds. The van der Waals surface area contributed by atoms with Crippen LogP contribution in [0.1, 0.15) is 52.4 Å². The van der Waals surface area contributed by atoms with Crippen LogP contribution in [0, 0.1) is 11.3 Å². The molecule has 1 rings (SSSR count). The summed E-state index contributed by atoms with van der Waals surface area (Å²) < 4.78 is 10.7. The number of ether oxygens (including phenoxy) is 1. The predicted octanol–water partition coefficient (Wildman–Crippen LogP) is 4.65. The highest BCUT2D eigenvalue weighted by Gasteiger charge is 2.36. The summed E-state index contributed by atoms with van der Waals surface area (Å²) in [5.41, 5.74) is -0.877. The van der Waals surface area contributed by atoms with Gasteiger partial charge in [-0.3, -0.25) is 4.79 Å². The Hall–Kier alpha value is -0.753. The largest absolute Gasteiger partial charge is 0.520 e. The summed E-state index contributed by atoms with van der Waals surface area (Å²) in [5, 5.41) is 2.81. The number of hydrogen-bond acceptors (Lipinski definition) is 4. The van der Waals surface area contributed by atoms with Gasteiger partial charge in [-0.2, -0.15) is 0 Å². The maximum Gasteiger partial charge on any atom is 0.408 e. The summed E-state index contributed by atoms with van der Waals surface area (Å²) in [6, 6.07) is 0. The molecule has 1 atom stereocenters. The van der Waals surface area contributed by atoms with Gasteiger partial charge >= 0.3 is 6.09 Å². The molecule has 0 aromatic carbocycles. The molecule has 0 aromatic rings. The third-order valence-corrected chi connectivity index (χ3v) is 5.64. The van der Waals surface area contributed by atoms with Gasteiger partial charge in [-0.15, -0.1) is 0 Å². The Kier molecular flexibility index (Phi) is 8.06. The molecular weight excluding hydrogens is 346 g/mol. The fourth-order valence-corrected chi connectivity index (χ4v) is 3.78. The first-order chi connectivity index (χ1) is 11.0. The summed E-state index contributed by atoms with van der Waals surface area (Å²) in [6.45, 7) is 10.2. The lowest BCUT2D eigenvalue weighted by Gasteiger charge is -2.37. The molecule has 0 bridgehead atoms. The summed E-state index contributed by atoms with van der Waals surface area (Å²) in [4.78, 5) is 24.2. The van der Waals surface area contributed by atoms with E-state index in [2.05, 4.69) is 5.32 Å². The number of alkyl halides is 1. The van der Waals surface area contributed by atoms with Crippen LogP contribution >= 0.6 is 11.6 Å². The average molecular weight is 378 g/mol. The number of amides is 1. The van der Waals surface area contributed by atoms with Crippen LogP contribution in [0.5, 0.6) is 0 Å². The van der Waals surface area contributed by atoms with Gasteiger partial charge < -0.3 is 14.5 Å². The monoisotopic (exact) mass is 377 g/mol. The third kappa shape index (κ3) is 7.88. The van der Waals surface area contributed by atoms with E-state index in [4.69, 9.17) is 20.8 Å². The van der Waals surface area contributed by atoms with E-state index in [1.807, 2.05) is 33.5 Å². The fourth-order valence-electron chi connectivity index (χ4n) is 2.94. The molecule has 0 saturated heterocycles. The van der Waals surface area contributed by atoms with Crippen LogP contribution in [0.2, 0.25) is 19.6 Å². The highest BCUT2D eigenvalue weighted by atomic mass is 35.5. The van der Waals surface area contributed by atoms with E-state index in [1.54, 1.807) is 0 Å². The number of carbonyl (C=O) groups excluding carboxylic acids is 2. The normalized spacial score (nSPS) is 18.8. The fraction of sp³-hybridized carbons (Fsp3) is 0.882. The Bertz CT molecular complexity index is 431. The Morgan fingerprint density at radius 3 is 2.25 bits per heavy atom. The Morgan fingerprint density at radius 2 is 1.75 bits per heavy atom. The van der Waals surface area contributed by atoms with Crippen LogP contribution in [-0.2, 0) is 14.0 Å². The van der Waals surface area contributed by atoms with Gasteiger partial charge in [-0.05, 0) is 37.9 Å². The number of nitrogens with one attached hydrogen (secondary N) is 1. The quantitative estimate of drug-likeness (QED) is 0.518. The van der Waals surface area contributed by atoms with Crippen molar-refractivity contribution >= 4 is 32.0 Å². The van der Waals surface area contributed by atoms with Crippen molar-refractivity contribution in [2.24, 2.45) is 11.3 Å². The maximum atomic E-state index is 12.3. The molecule has 1 aliphatic rings. The standard InChI is InChI=1S/C17H32ClNO4Si/c1-13(2)15(18)22-16(21)19-12-17(9-7-6-8-10-17)11-14(20)23-24(3,4)5/h13,15H,6-12H2,1-5H3,(H,19,21). The van der Waals surface area contributed by atoms with Crippen molar-refractivity contribution in [3.63, 3.8) is 0 Å². The highest BCUT2D eigenvalue weighted by molar-refractivity contribution is 6.71. The molecule has 1 saturated carbocycles. The zero-order valence-corrected chi connectivity index (χ0v) is 17.4. The predicted molar refractivity (Wildman–Crippen MR) is 98.5 cm³/mol. The molecule has 1 N–H and O–H groups in total. The SMILES string of the molecule is CC(C)C(Cl)OC(=O)NCC1(CC(=O)O[Si](C)(C)C)CCCCC1. The Morgan fingerprint density at radius 1 is 1.17 bits per heavy atom. The van der Waals surface area contributed by atoms with Crippen LogP contribution in [0.3, 0.4) is 0 Å².